The summed E-state index contributed by atoms with van der Waals surface area (Å²) in [7, 11) is 0. The summed E-state index contributed by atoms with van der Waals surface area (Å²) in [5.74, 6) is -6.38. The van der Waals surface area contributed by atoms with Gasteiger partial charge in [-0.15, -0.1) is 0 Å². The van der Waals surface area contributed by atoms with Crippen molar-refractivity contribution >= 4 is 47.1 Å². The van der Waals surface area contributed by atoms with E-state index in [0.717, 1.165) is 0 Å². The third kappa shape index (κ3) is 3.72. The average molecular weight is 775 g/mol. The summed E-state index contributed by atoms with van der Waals surface area (Å²) in [5, 5.41) is 5.61. The topological polar surface area (TPSA) is 182 Å². The predicted octanol–water partition coefficient (Wildman–Crippen LogP) is 4.80. The first-order valence-electron chi connectivity index (χ1n) is 19.2. The molecule has 0 atom stereocenters. The highest BCUT2D eigenvalue weighted by molar-refractivity contribution is 6.05. The zero-order valence-electron chi connectivity index (χ0n) is 33.5. The first-order chi connectivity index (χ1) is 26.4. The second-order valence-electron chi connectivity index (χ2n) is 15.9. The molecule has 2 aliphatic carbocycles. The number of hydrogen-bond donors (Lipinski definition) is 2. The van der Waals surface area contributed by atoms with E-state index in [-0.39, 0.29) is 38.2 Å². The summed E-state index contributed by atoms with van der Waals surface area (Å²) in [6.45, 7) is 15.6. The summed E-state index contributed by atoms with van der Waals surface area (Å²) >= 11 is 0. The Hall–Kier alpha value is -4.82. The van der Waals surface area contributed by atoms with Crippen LogP contribution in [-0.4, -0.2) is 84.5 Å². The first kappa shape index (κ1) is 39.4. The van der Waals surface area contributed by atoms with Crippen molar-refractivity contribution in [2.24, 2.45) is 21.7 Å². The molecule has 2 N–H and O–H groups in total. The lowest BCUT2D eigenvalue weighted by atomic mass is 9.09. The molecule has 4 saturated heterocycles. The normalized spacial score (nSPS) is 39.0. The highest BCUT2D eigenvalue weighted by atomic mass is 16.6. The van der Waals surface area contributed by atoms with Crippen LogP contribution in [0.25, 0.3) is 0 Å². The van der Waals surface area contributed by atoms with Crippen LogP contribution in [0.2, 0.25) is 0 Å². The van der Waals surface area contributed by atoms with Crippen LogP contribution in [0.4, 0.5) is 11.4 Å². The molecule has 4 heterocycles. The fourth-order valence-electron chi connectivity index (χ4n) is 13.3. The number of carbonyl (C=O) groups excluding carboxylic acids is 6. The van der Waals surface area contributed by atoms with Gasteiger partial charge in [-0.3, -0.25) is 28.8 Å². The van der Waals surface area contributed by atoms with Gasteiger partial charge in [0, 0.05) is 37.1 Å². The number of esters is 4. The Morgan fingerprint density at radius 3 is 1.02 bits per heavy atom. The van der Waals surface area contributed by atoms with Gasteiger partial charge in [-0.05, 0) is 90.8 Å². The Bertz CT molecular complexity index is 1830. The molecule has 0 unspecified atom stereocenters. The number of rotatable bonds is 12. The van der Waals surface area contributed by atoms with E-state index in [4.69, 9.17) is 28.4 Å². The van der Waals surface area contributed by atoms with Crippen molar-refractivity contribution in [1.82, 2.24) is 0 Å². The summed E-state index contributed by atoms with van der Waals surface area (Å²) in [6, 6.07) is 13.6. The molecule has 2 aromatic carbocycles. The van der Waals surface area contributed by atoms with Crippen molar-refractivity contribution in [2.75, 3.05) is 37.1 Å². The standard InChI is InChI=1S/C42H50N2O12/c1-11-51-31(47)39-29(25-17-15-19-27(21-25)43-23(5)45)40(32(48)52-12-2)37(9)42(34(50)54-14-4)30(26-18-16-20-28(22-26)44-24(6)46)41(33(49)53-13-3,35(39,7)55-37)36(39,8)56-38(40,42)10/h15-22,29-30H,11-14H2,1-10H3,(H,43,45)(H,44,46). The lowest BCUT2D eigenvalue weighted by Gasteiger charge is -2.99. The van der Waals surface area contributed by atoms with Crippen molar-refractivity contribution in [1.29, 1.82) is 0 Å². The minimum Gasteiger partial charge on any atom is -0.465 e. The molecule has 56 heavy (non-hydrogen) atoms. The van der Waals surface area contributed by atoms with Crippen molar-refractivity contribution < 1.29 is 57.2 Å². The van der Waals surface area contributed by atoms with Crippen LogP contribution in [0.5, 0.6) is 0 Å². The quantitative estimate of drug-likeness (QED) is 0.222. The van der Waals surface area contributed by atoms with E-state index in [2.05, 4.69) is 10.6 Å². The summed E-state index contributed by atoms with van der Waals surface area (Å²) < 4.78 is 38.8. The molecule has 8 rings (SSSR count). The molecule has 0 radical (unpaired) electrons. The van der Waals surface area contributed by atoms with Gasteiger partial charge in [0.05, 0.1) is 26.4 Å². The number of hydrogen-bond acceptors (Lipinski definition) is 12. The maximum Gasteiger partial charge on any atom is 0.318 e. The second kappa shape index (κ2) is 12.3. The largest absolute Gasteiger partial charge is 0.465 e. The van der Waals surface area contributed by atoms with E-state index in [9.17, 15) is 9.59 Å². The predicted molar refractivity (Wildman–Crippen MR) is 199 cm³/mol. The van der Waals surface area contributed by atoms with Gasteiger partial charge in [-0.25, -0.2) is 0 Å². The highest BCUT2D eigenvalue weighted by Crippen LogP contribution is 3.02. The number of nitrogens with one attached hydrogen (secondary N) is 2. The Balaban J connectivity index is 1.72. The molecule has 0 spiro atoms. The lowest BCUT2D eigenvalue weighted by Crippen LogP contribution is -3.14. The van der Waals surface area contributed by atoms with Gasteiger partial charge < -0.3 is 39.1 Å². The maximum atomic E-state index is 15.4. The Labute approximate surface area is 325 Å². The van der Waals surface area contributed by atoms with Crippen molar-refractivity contribution in [3.05, 3.63) is 59.7 Å². The van der Waals surface area contributed by atoms with Crippen molar-refractivity contribution in [3.8, 4) is 0 Å². The number of anilines is 2. The SMILES string of the molecule is CCOC(=O)C12C(c3cccc(NC(C)=O)c3)C3(C(=O)OCC)C4(C)OC1(C)C1(C(=O)OCC)C(c5cccc(NC(C)=O)c5)C4(C(=O)OCC)C3(C)OC21C. The average Bonchev–Trinajstić information content (AvgIpc) is 3.10. The van der Waals surface area contributed by atoms with Gasteiger partial charge in [0.25, 0.3) is 0 Å². The van der Waals surface area contributed by atoms with Gasteiger partial charge in [-0.2, -0.15) is 0 Å². The minimum atomic E-state index is -2.00. The van der Waals surface area contributed by atoms with E-state index >= 15 is 19.2 Å². The monoisotopic (exact) mass is 774 g/mol. The van der Waals surface area contributed by atoms with Crippen molar-refractivity contribution in [2.45, 2.75) is 103 Å². The van der Waals surface area contributed by atoms with Crippen LogP contribution < -0.4 is 10.6 Å². The van der Waals surface area contributed by atoms with Crippen LogP contribution in [0.15, 0.2) is 48.5 Å². The van der Waals surface area contributed by atoms with Gasteiger partial charge in [0.2, 0.25) is 11.8 Å². The van der Waals surface area contributed by atoms with Crippen LogP contribution in [-0.2, 0) is 57.2 Å². The molecular weight excluding hydrogens is 724 g/mol. The number of benzene rings is 2. The Kier molecular flexibility index (Phi) is 8.68. The summed E-state index contributed by atoms with van der Waals surface area (Å²) in [4.78, 5) is 86.4. The fourth-order valence-corrected chi connectivity index (χ4v) is 13.3. The third-order valence-electron chi connectivity index (χ3n) is 14.0. The van der Waals surface area contributed by atoms with Crippen LogP contribution >= 0.6 is 0 Å². The Morgan fingerprint density at radius 2 is 0.786 bits per heavy atom. The van der Waals surface area contributed by atoms with Crippen molar-refractivity contribution in [3.63, 3.8) is 0 Å². The molecule has 0 aromatic heterocycles. The Morgan fingerprint density at radius 1 is 0.518 bits per heavy atom. The molecule has 300 valence electrons. The summed E-state index contributed by atoms with van der Waals surface area (Å²) in [6.07, 6.45) is 0. The van der Waals surface area contributed by atoms with E-state index in [1.165, 1.54) is 13.8 Å². The summed E-state index contributed by atoms with van der Waals surface area (Å²) in [5.41, 5.74) is -14.1. The van der Waals surface area contributed by atoms with E-state index in [0.29, 0.717) is 22.5 Å². The number of carbonyl (C=O) groups is 6. The maximum absolute atomic E-state index is 15.4. The zero-order valence-corrected chi connectivity index (χ0v) is 33.5. The van der Waals surface area contributed by atoms with Crippen LogP contribution in [0, 0.1) is 21.7 Å². The van der Waals surface area contributed by atoms with Gasteiger partial charge >= 0.3 is 23.9 Å². The highest BCUT2D eigenvalue weighted by Gasteiger charge is 3.16. The minimum absolute atomic E-state index is 0.0757. The molecule has 6 fully saturated rings. The second-order valence-corrected chi connectivity index (χ2v) is 15.9. The third-order valence-corrected chi connectivity index (χ3v) is 14.0. The van der Waals surface area contributed by atoms with E-state index in [1.54, 1.807) is 104 Å². The van der Waals surface area contributed by atoms with E-state index < -0.39 is 79.8 Å². The molecule has 4 aliphatic heterocycles. The fraction of sp³-hybridized carbons (Fsp3) is 0.571. The first-order valence-corrected chi connectivity index (χ1v) is 19.2. The molecule has 14 heteroatoms. The number of ether oxygens (including phenoxy) is 6. The smallest absolute Gasteiger partial charge is 0.318 e. The lowest BCUT2D eigenvalue weighted by molar-refractivity contribution is -0.625. The molecular formula is C42H50N2O12. The number of amides is 2. The van der Waals surface area contributed by atoms with Crippen LogP contribution in [0.1, 0.15) is 92.2 Å². The van der Waals surface area contributed by atoms with Gasteiger partial charge in [0.15, 0.2) is 0 Å². The van der Waals surface area contributed by atoms with Gasteiger partial charge in [-0.1, -0.05) is 24.3 Å². The van der Waals surface area contributed by atoms with E-state index in [1.807, 2.05) is 0 Å². The molecule has 2 aromatic rings. The van der Waals surface area contributed by atoms with Gasteiger partial charge in [0.1, 0.15) is 44.1 Å². The molecule has 8 bridgehead atoms. The van der Waals surface area contributed by atoms with Crippen LogP contribution in [0.3, 0.4) is 0 Å². The molecule has 14 nitrogen and oxygen atoms in total. The molecule has 2 saturated carbocycles. The zero-order chi connectivity index (χ0) is 41.1. The molecule has 2 amide bonds. The molecule has 6 aliphatic rings.